The molecule has 2 N–H and O–H groups in total. The quantitative estimate of drug-likeness (QED) is 0.825. The molecule has 2 rings (SSSR count). The minimum atomic E-state index is 0.326. The normalized spacial score (nSPS) is 21.3. The minimum Gasteiger partial charge on any atom is -0.497 e. The van der Waals surface area contributed by atoms with E-state index in [1.165, 1.54) is 0 Å². The Morgan fingerprint density at radius 2 is 2.38 bits per heavy atom. The summed E-state index contributed by atoms with van der Waals surface area (Å²) in [6.45, 7) is 4.89. The Balaban J connectivity index is 2.06. The lowest BCUT2D eigenvalue weighted by molar-refractivity contribution is 0.321. The molecule has 1 aromatic rings. The monoisotopic (exact) mass is 221 g/mol. The molecule has 0 bridgehead atoms. The van der Waals surface area contributed by atoms with E-state index in [0.29, 0.717) is 6.04 Å². The molecular formula is C12H19N3O. The number of rotatable bonds is 3. The van der Waals surface area contributed by atoms with Crippen LogP contribution >= 0.6 is 0 Å². The van der Waals surface area contributed by atoms with Gasteiger partial charge in [0.2, 0.25) is 0 Å². The van der Waals surface area contributed by atoms with Gasteiger partial charge in [0.1, 0.15) is 5.75 Å². The van der Waals surface area contributed by atoms with E-state index in [2.05, 4.69) is 9.88 Å². The maximum absolute atomic E-state index is 5.88. The van der Waals surface area contributed by atoms with Gasteiger partial charge in [0.05, 0.1) is 12.8 Å². The Morgan fingerprint density at radius 1 is 1.56 bits per heavy atom. The fraction of sp³-hybridized carbons (Fsp3) is 0.583. The van der Waals surface area contributed by atoms with Gasteiger partial charge in [-0.3, -0.25) is 9.88 Å². The van der Waals surface area contributed by atoms with E-state index in [4.69, 9.17) is 10.5 Å². The predicted octanol–water partition coefficient (Wildman–Crippen LogP) is 0.932. The van der Waals surface area contributed by atoms with Crippen molar-refractivity contribution < 1.29 is 4.74 Å². The first kappa shape index (κ1) is 11.4. The lowest BCUT2D eigenvalue weighted by Crippen LogP contribution is -2.26. The summed E-state index contributed by atoms with van der Waals surface area (Å²) in [6, 6.07) is 4.27. The molecule has 2 heterocycles. The highest BCUT2D eigenvalue weighted by molar-refractivity contribution is 5.26. The summed E-state index contributed by atoms with van der Waals surface area (Å²) in [6.07, 6.45) is 1.09. The molecule has 1 fully saturated rings. The lowest BCUT2D eigenvalue weighted by atomic mass is 10.3. The summed E-state index contributed by atoms with van der Waals surface area (Å²) < 4.78 is 5.24. The van der Waals surface area contributed by atoms with E-state index in [-0.39, 0.29) is 0 Å². The van der Waals surface area contributed by atoms with Crippen molar-refractivity contribution in [3.05, 3.63) is 23.5 Å². The van der Waals surface area contributed by atoms with Crippen LogP contribution in [0.2, 0.25) is 0 Å². The highest BCUT2D eigenvalue weighted by atomic mass is 16.5. The molecule has 1 aliphatic rings. The van der Waals surface area contributed by atoms with E-state index < -0.39 is 0 Å². The molecule has 0 aliphatic carbocycles. The van der Waals surface area contributed by atoms with Crippen LogP contribution in [0.3, 0.4) is 0 Å². The number of pyridine rings is 1. The molecule has 1 saturated heterocycles. The average Bonchev–Trinajstić information content (AvgIpc) is 2.63. The molecule has 0 radical (unpaired) electrons. The Bertz CT molecular complexity index is 367. The first-order chi connectivity index (χ1) is 7.67. The highest BCUT2D eigenvalue weighted by Crippen LogP contribution is 2.16. The van der Waals surface area contributed by atoms with E-state index in [9.17, 15) is 0 Å². The van der Waals surface area contributed by atoms with Gasteiger partial charge in [-0.05, 0) is 13.3 Å². The summed E-state index contributed by atoms with van der Waals surface area (Å²) in [5, 5.41) is 0. The molecule has 4 nitrogen and oxygen atoms in total. The second kappa shape index (κ2) is 4.80. The molecule has 1 aliphatic heterocycles. The zero-order valence-electron chi connectivity index (χ0n) is 9.94. The first-order valence-corrected chi connectivity index (χ1v) is 5.67. The van der Waals surface area contributed by atoms with Crippen LogP contribution in [-0.2, 0) is 6.54 Å². The number of nitrogens with two attached hydrogens (primary N) is 1. The zero-order valence-corrected chi connectivity index (χ0v) is 9.94. The van der Waals surface area contributed by atoms with E-state index in [1.807, 2.05) is 19.1 Å². The van der Waals surface area contributed by atoms with Gasteiger partial charge in [-0.15, -0.1) is 0 Å². The Hall–Kier alpha value is -1.13. The van der Waals surface area contributed by atoms with E-state index in [1.54, 1.807) is 7.11 Å². The molecule has 88 valence electrons. The highest BCUT2D eigenvalue weighted by Gasteiger charge is 2.19. The lowest BCUT2D eigenvalue weighted by Gasteiger charge is -2.15. The van der Waals surface area contributed by atoms with E-state index >= 15 is 0 Å². The van der Waals surface area contributed by atoms with Crippen LogP contribution in [0.1, 0.15) is 17.8 Å². The molecule has 16 heavy (non-hydrogen) atoms. The molecular weight excluding hydrogens is 202 g/mol. The number of aryl methyl sites for hydroxylation is 1. The van der Waals surface area contributed by atoms with Crippen molar-refractivity contribution in [2.24, 2.45) is 5.73 Å². The van der Waals surface area contributed by atoms with Gasteiger partial charge < -0.3 is 10.5 Å². The van der Waals surface area contributed by atoms with Crippen LogP contribution in [0.5, 0.6) is 5.75 Å². The molecule has 4 heteroatoms. The third-order valence-corrected chi connectivity index (χ3v) is 2.91. The zero-order chi connectivity index (χ0) is 11.5. The maximum atomic E-state index is 5.88. The summed E-state index contributed by atoms with van der Waals surface area (Å²) in [7, 11) is 1.68. The number of ether oxygens (including phenoxy) is 1. The summed E-state index contributed by atoms with van der Waals surface area (Å²) >= 11 is 0. The topological polar surface area (TPSA) is 51.4 Å². The van der Waals surface area contributed by atoms with Crippen LogP contribution in [0.15, 0.2) is 12.1 Å². The number of hydrogen-bond donors (Lipinski definition) is 1. The molecule has 0 saturated carbocycles. The third-order valence-electron chi connectivity index (χ3n) is 2.91. The first-order valence-electron chi connectivity index (χ1n) is 5.67. The maximum Gasteiger partial charge on any atom is 0.122 e. The van der Waals surface area contributed by atoms with Crippen LogP contribution in [0, 0.1) is 6.92 Å². The van der Waals surface area contributed by atoms with Gasteiger partial charge in [0.15, 0.2) is 0 Å². The molecule has 1 aromatic heterocycles. The van der Waals surface area contributed by atoms with Gasteiger partial charge >= 0.3 is 0 Å². The summed E-state index contributed by atoms with van der Waals surface area (Å²) in [5.41, 5.74) is 7.94. The van der Waals surface area contributed by atoms with Gasteiger partial charge in [-0.25, -0.2) is 0 Å². The van der Waals surface area contributed by atoms with Gasteiger partial charge in [-0.2, -0.15) is 0 Å². The number of nitrogens with zero attached hydrogens (tertiary/aromatic N) is 2. The smallest absolute Gasteiger partial charge is 0.122 e. The van der Waals surface area contributed by atoms with E-state index in [0.717, 1.165) is 43.2 Å². The van der Waals surface area contributed by atoms with Crippen molar-refractivity contribution in [2.75, 3.05) is 20.2 Å². The van der Waals surface area contributed by atoms with Gasteiger partial charge in [-0.1, -0.05) is 0 Å². The van der Waals surface area contributed by atoms with Gasteiger partial charge in [0.25, 0.3) is 0 Å². The fourth-order valence-electron chi connectivity index (χ4n) is 2.14. The average molecular weight is 221 g/mol. The Kier molecular flexibility index (Phi) is 3.41. The number of methoxy groups -OCH3 is 1. The van der Waals surface area contributed by atoms with Crippen molar-refractivity contribution >= 4 is 0 Å². The number of hydrogen-bond acceptors (Lipinski definition) is 4. The van der Waals surface area contributed by atoms with Crippen molar-refractivity contribution in [1.82, 2.24) is 9.88 Å². The third kappa shape index (κ3) is 2.71. The number of likely N-dealkylation sites (tertiary alicyclic amines) is 1. The van der Waals surface area contributed by atoms with Gasteiger partial charge in [0, 0.05) is 43.5 Å². The second-order valence-corrected chi connectivity index (χ2v) is 4.42. The molecule has 0 spiro atoms. The Morgan fingerprint density at radius 3 is 3.00 bits per heavy atom. The predicted molar refractivity (Wildman–Crippen MR) is 63.4 cm³/mol. The van der Waals surface area contributed by atoms with Crippen molar-refractivity contribution in [3.8, 4) is 5.75 Å². The molecule has 0 aromatic carbocycles. The van der Waals surface area contributed by atoms with Crippen molar-refractivity contribution in [1.29, 1.82) is 0 Å². The number of aromatic nitrogens is 1. The fourth-order valence-corrected chi connectivity index (χ4v) is 2.14. The molecule has 1 atom stereocenters. The summed E-state index contributed by atoms with van der Waals surface area (Å²) in [4.78, 5) is 6.85. The van der Waals surface area contributed by atoms with Crippen molar-refractivity contribution in [2.45, 2.75) is 25.9 Å². The standard InChI is InChI=1S/C12H19N3O/c1-9-5-12(16-2)6-11(14-9)8-15-4-3-10(13)7-15/h5-6,10H,3-4,7-8,13H2,1-2H3/t10-/m0/s1. The second-order valence-electron chi connectivity index (χ2n) is 4.42. The van der Waals surface area contributed by atoms with Crippen LogP contribution in [0.4, 0.5) is 0 Å². The van der Waals surface area contributed by atoms with Crippen LogP contribution < -0.4 is 10.5 Å². The molecule has 0 amide bonds. The van der Waals surface area contributed by atoms with Crippen LogP contribution in [0.25, 0.3) is 0 Å². The SMILES string of the molecule is COc1cc(C)nc(CN2CC[C@H](N)C2)c1. The molecule has 0 unspecified atom stereocenters. The minimum absolute atomic E-state index is 0.326. The van der Waals surface area contributed by atoms with Crippen LogP contribution in [-0.4, -0.2) is 36.1 Å². The Labute approximate surface area is 96.4 Å². The summed E-state index contributed by atoms with van der Waals surface area (Å²) in [5.74, 6) is 0.881. The van der Waals surface area contributed by atoms with Crippen molar-refractivity contribution in [3.63, 3.8) is 0 Å². The largest absolute Gasteiger partial charge is 0.497 e.